The minimum absolute atomic E-state index is 0.141. The molecule has 0 saturated carbocycles. The number of nitrogens with two attached hydrogens (primary N) is 1. The van der Waals surface area contributed by atoms with Gasteiger partial charge in [0.05, 0.1) is 17.0 Å². The van der Waals surface area contributed by atoms with Crippen molar-refractivity contribution in [1.29, 1.82) is 0 Å². The number of hydrogen-bond acceptors (Lipinski definition) is 7. The van der Waals surface area contributed by atoms with E-state index in [1.807, 2.05) is 77.9 Å². The Labute approximate surface area is 228 Å². The number of para-hydroxylation sites is 1. The molecule has 0 aliphatic heterocycles. The number of benzene rings is 3. The van der Waals surface area contributed by atoms with Crippen molar-refractivity contribution >= 4 is 34.5 Å². The molecule has 7 nitrogen and oxygen atoms in total. The van der Waals surface area contributed by atoms with E-state index in [0.29, 0.717) is 33.7 Å². The predicted molar refractivity (Wildman–Crippen MR) is 159 cm³/mol. The summed E-state index contributed by atoms with van der Waals surface area (Å²) >= 11 is 0. The number of carbonyl (C=O) groups excluding carboxylic acids is 1. The van der Waals surface area contributed by atoms with Crippen LogP contribution in [0.4, 0.5) is 11.4 Å². The number of aryl methyl sites for hydroxylation is 2. The maximum absolute atomic E-state index is 13.3. The van der Waals surface area contributed by atoms with Crippen LogP contribution in [0.15, 0.2) is 68.8 Å². The Hall–Kier alpha value is -4.39. The summed E-state index contributed by atoms with van der Waals surface area (Å²) in [4.78, 5) is 30.3. The molecule has 7 heteroatoms. The highest BCUT2D eigenvalue weighted by atomic mass is 16.6. The second-order valence-electron chi connectivity index (χ2n) is 10.8. The number of hydrogen-bond donors (Lipinski definition) is 2. The van der Waals surface area contributed by atoms with Crippen LogP contribution < -0.4 is 16.5 Å². The molecule has 0 fully saturated rings. The standard InChI is InChI=1S/C32H35N3O4/c1-18-12-24(20(3)35-26-11-9-8-10-23(26)31(37)39-32(4,5)6)30-25(13-18)27(36)16-28(38-30)21-14-19(2)29(33)22(15-21)17-34-7/h8-17,20,35H,33H2,1-7H3. The fraction of sp³-hybridized carbons (Fsp3) is 0.281. The minimum atomic E-state index is -0.619. The molecule has 39 heavy (non-hydrogen) atoms. The van der Waals surface area contributed by atoms with Gasteiger partial charge in [-0.15, -0.1) is 0 Å². The largest absolute Gasteiger partial charge is 0.456 e. The van der Waals surface area contributed by atoms with Crippen molar-refractivity contribution in [3.63, 3.8) is 0 Å². The van der Waals surface area contributed by atoms with E-state index < -0.39 is 11.6 Å². The molecule has 4 rings (SSSR count). The molecule has 3 N–H and O–H groups in total. The Balaban J connectivity index is 1.81. The van der Waals surface area contributed by atoms with Crippen LogP contribution >= 0.6 is 0 Å². The van der Waals surface area contributed by atoms with Crippen LogP contribution in [-0.4, -0.2) is 24.8 Å². The molecule has 0 bridgehead atoms. The first-order valence-corrected chi connectivity index (χ1v) is 12.9. The number of carbonyl (C=O) groups is 1. The maximum Gasteiger partial charge on any atom is 0.340 e. The molecular weight excluding hydrogens is 490 g/mol. The normalized spacial score (nSPS) is 12.6. The van der Waals surface area contributed by atoms with Gasteiger partial charge in [0.1, 0.15) is 16.9 Å². The van der Waals surface area contributed by atoms with E-state index in [9.17, 15) is 9.59 Å². The summed E-state index contributed by atoms with van der Waals surface area (Å²) in [7, 11) is 1.68. The molecule has 202 valence electrons. The molecule has 0 amide bonds. The Morgan fingerprint density at radius 2 is 1.82 bits per heavy atom. The van der Waals surface area contributed by atoms with Gasteiger partial charge in [0, 0.05) is 47.4 Å². The lowest BCUT2D eigenvalue weighted by molar-refractivity contribution is 0.00706. The number of nitrogens with one attached hydrogen (secondary N) is 1. The fourth-order valence-electron chi connectivity index (χ4n) is 4.54. The van der Waals surface area contributed by atoms with Crippen LogP contribution in [0, 0.1) is 13.8 Å². The average Bonchev–Trinajstić information content (AvgIpc) is 2.86. The number of esters is 1. The van der Waals surface area contributed by atoms with E-state index in [1.54, 1.807) is 25.4 Å². The third-order valence-electron chi connectivity index (χ3n) is 6.36. The van der Waals surface area contributed by atoms with Crippen LogP contribution in [0.25, 0.3) is 22.3 Å². The topological polar surface area (TPSA) is 107 Å². The molecule has 1 heterocycles. The van der Waals surface area contributed by atoms with Gasteiger partial charge >= 0.3 is 5.97 Å². The van der Waals surface area contributed by atoms with Crippen LogP contribution in [0.1, 0.15) is 66.3 Å². The number of fused-ring (bicyclic) bond motifs is 1. The first kappa shape index (κ1) is 27.6. The molecule has 0 saturated heterocycles. The van der Waals surface area contributed by atoms with Crippen LogP contribution in [0.5, 0.6) is 0 Å². The predicted octanol–water partition coefficient (Wildman–Crippen LogP) is 6.84. The molecule has 3 aromatic carbocycles. The number of nitrogens with zero attached hydrogens (tertiary/aromatic N) is 1. The lowest BCUT2D eigenvalue weighted by Crippen LogP contribution is -2.24. The summed E-state index contributed by atoms with van der Waals surface area (Å²) in [6.07, 6.45) is 1.69. The van der Waals surface area contributed by atoms with Gasteiger partial charge < -0.3 is 20.2 Å². The van der Waals surface area contributed by atoms with Crippen molar-refractivity contribution in [3.8, 4) is 11.3 Å². The minimum Gasteiger partial charge on any atom is -0.456 e. The summed E-state index contributed by atoms with van der Waals surface area (Å²) in [5.74, 6) is 0.0265. The molecule has 0 radical (unpaired) electrons. The fourth-order valence-corrected chi connectivity index (χ4v) is 4.54. The zero-order valence-corrected chi connectivity index (χ0v) is 23.5. The van der Waals surface area contributed by atoms with Crippen molar-refractivity contribution < 1.29 is 13.9 Å². The van der Waals surface area contributed by atoms with Gasteiger partial charge in [-0.1, -0.05) is 18.2 Å². The Morgan fingerprint density at radius 1 is 1.10 bits per heavy atom. The van der Waals surface area contributed by atoms with E-state index >= 15 is 0 Å². The van der Waals surface area contributed by atoms with Gasteiger partial charge in [-0.3, -0.25) is 9.79 Å². The highest BCUT2D eigenvalue weighted by Crippen LogP contribution is 2.33. The first-order chi connectivity index (χ1) is 18.4. The van der Waals surface area contributed by atoms with Crippen molar-refractivity contribution in [2.24, 2.45) is 4.99 Å². The Kier molecular flexibility index (Phi) is 7.63. The zero-order chi connectivity index (χ0) is 28.5. The van der Waals surface area contributed by atoms with Crippen LogP contribution in [-0.2, 0) is 4.74 Å². The number of aliphatic imine (C=N–C) groups is 1. The number of rotatable bonds is 6. The van der Waals surface area contributed by atoms with Gasteiger partial charge in [0.2, 0.25) is 0 Å². The summed E-state index contributed by atoms with van der Waals surface area (Å²) in [5, 5.41) is 3.93. The number of anilines is 2. The van der Waals surface area contributed by atoms with E-state index in [4.69, 9.17) is 14.9 Å². The third kappa shape index (κ3) is 6.03. The SMILES string of the molecule is CN=Cc1cc(-c2cc(=O)c3cc(C)cc(C(C)Nc4ccccc4C(=O)OC(C)(C)C)c3o2)cc(C)c1N. The van der Waals surface area contributed by atoms with Crippen molar-refractivity contribution in [1.82, 2.24) is 0 Å². The first-order valence-electron chi connectivity index (χ1n) is 12.9. The van der Waals surface area contributed by atoms with Gasteiger partial charge in [-0.25, -0.2) is 4.79 Å². The van der Waals surface area contributed by atoms with Gasteiger partial charge in [-0.05, 0) is 83.0 Å². The zero-order valence-electron chi connectivity index (χ0n) is 23.5. The van der Waals surface area contributed by atoms with E-state index in [-0.39, 0.29) is 11.5 Å². The molecule has 0 spiro atoms. The van der Waals surface area contributed by atoms with Gasteiger partial charge in [0.25, 0.3) is 0 Å². The number of nitrogen functional groups attached to an aromatic ring is 1. The highest BCUT2D eigenvalue weighted by Gasteiger charge is 2.22. The molecular formula is C32H35N3O4. The van der Waals surface area contributed by atoms with Gasteiger partial charge in [-0.2, -0.15) is 0 Å². The molecule has 0 aliphatic carbocycles. The van der Waals surface area contributed by atoms with Crippen LogP contribution in [0.2, 0.25) is 0 Å². The van der Waals surface area contributed by atoms with E-state index in [1.165, 1.54) is 6.07 Å². The number of ether oxygens (including phenoxy) is 1. The maximum atomic E-state index is 13.3. The van der Waals surface area contributed by atoms with Crippen molar-refractivity contribution in [2.75, 3.05) is 18.1 Å². The highest BCUT2D eigenvalue weighted by molar-refractivity contribution is 5.96. The second kappa shape index (κ2) is 10.8. The summed E-state index contributed by atoms with van der Waals surface area (Å²) in [6.45, 7) is 11.3. The quantitative estimate of drug-likeness (QED) is 0.162. The molecule has 4 aromatic rings. The average molecular weight is 526 g/mol. The summed E-state index contributed by atoms with van der Waals surface area (Å²) in [6, 6.07) is 16.0. The second-order valence-corrected chi connectivity index (χ2v) is 10.8. The lowest BCUT2D eigenvalue weighted by Gasteiger charge is -2.23. The van der Waals surface area contributed by atoms with Gasteiger partial charge in [0.15, 0.2) is 5.43 Å². The Morgan fingerprint density at radius 3 is 2.51 bits per heavy atom. The van der Waals surface area contributed by atoms with Crippen molar-refractivity contribution in [2.45, 2.75) is 53.2 Å². The summed E-state index contributed by atoms with van der Waals surface area (Å²) < 4.78 is 12.0. The molecule has 1 atom stereocenters. The monoisotopic (exact) mass is 525 g/mol. The smallest absolute Gasteiger partial charge is 0.340 e. The third-order valence-corrected chi connectivity index (χ3v) is 6.36. The molecule has 1 unspecified atom stereocenters. The van der Waals surface area contributed by atoms with Crippen molar-refractivity contribution in [3.05, 3.63) is 92.6 Å². The van der Waals surface area contributed by atoms with E-state index in [2.05, 4.69) is 10.3 Å². The Bertz CT molecular complexity index is 1640. The lowest BCUT2D eigenvalue weighted by atomic mass is 9.99. The van der Waals surface area contributed by atoms with Crippen LogP contribution in [0.3, 0.4) is 0 Å². The summed E-state index contributed by atoms with van der Waals surface area (Å²) in [5.41, 5.74) is 11.7. The van der Waals surface area contributed by atoms with E-state index in [0.717, 1.165) is 27.8 Å². The molecule has 0 aliphatic rings. The molecule has 1 aromatic heterocycles.